The highest BCUT2D eigenvalue weighted by molar-refractivity contribution is 4.72. The molecular weight excluding hydrogens is 126 g/mol. The first kappa shape index (κ1) is 7.98. The van der Waals surface area contributed by atoms with Gasteiger partial charge in [-0.15, -0.1) is 0 Å². The zero-order chi connectivity index (χ0) is 7.40. The number of nitrogens with one attached hydrogen (secondary N) is 3. The van der Waals surface area contributed by atoms with Crippen LogP contribution in [0.2, 0.25) is 0 Å². The Bertz CT molecular complexity index is 88.9. The summed E-state index contributed by atoms with van der Waals surface area (Å²) in [6.45, 7) is 6.54. The fourth-order valence-electron chi connectivity index (χ4n) is 1.03. The lowest BCUT2D eigenvalue weighted by molar-refractivity contribution is 0.387. The predicted molar refractivity (Wildman–Crippen MR) is 42.7 cm³/mol. The Labute approximate surface area is 62.6 Å². The lowest BCUT2D eigenvalue weighted by Crippen LogP contribution is -2.48. The van der Waals surface area contributed by atoms with E-state index >= 15 is 0 Å². The zero-order valence-corrected chi connectivity index (χ0v) is 6.78. The predicted octanol–water partition coefficient (Wildman–Crippen LogP) is -0.149. The van der Waals surface area contributed by atoms with Crippen molar-refractivity contribution in [2.75, 3.05) is 13.1 Å². The van der Waals surface area contributed by atoms with Crippen molar-refractivity contribution in [2.24, 2.45) is 0 Å². The van der Waals surface area contributed by atoms with Gasteiger partial charge in [-0.25, -0.2) is 0 Å². The van der Waals surface area contributed by atoms with Gasteiger partial charge in [-0.1, -0.05) is 6.92 Å². The maximum absolute atomic E-state index is 3.41. The average Bonchev–Trinajstić information content (AvgIpc) is 2.40. The molecule has 1 rings (SSSR count). The van der Waals surface area contributed by atoms with Crippen molar-refractivity contribution in [3.05, 3.63) is 0 Å². The minimum atomic E-state index is 0.343. The van der Waals surface area contributed by atoms with Crippen molar-refractivity contribution in [3.8, 4) is 0 Å². The van der Waals surface area contributed by atoms with Crippen LogP contribution in [0.3, 0.4) is 0 Å². The molecule has 1 saturated heterocycles. The highest BCUT2D eigenvalue weighted by Gasteiger charge is 2.13. The van der Waals surface area contributed by atoms with Gasteiger partial charge in [0.15, 0.2) is 0 Å². The van der Waals surface area contributed by atoms with Gasteiger partial charge in [0.2, 0.25) is 0 Å². The van der Waals surface area contributed by atoms with E-state index in [2.05, 4.69) is 29.8 Å². The Hall–Kier alpha value is -0.120. The van der Waals surface area contributed by atoms with Crippen molar-refractivity contribution < 1.29 is 0 Å². The molecule has 0 aromatic rings. The van der Waals surface area contributed by atoms with Crippen LogP contribution >= 0.6 is 0 Å². The Kier molecular flexibility index (Phi) is 3.12. The summed E-state index contributed by atoms with van der Waals surface area (Å²) in [6, 6.07) is 0.600. The molecule has 3 heteroatoms. The van der Waals surface area contributed by atoms with E-state index in [0.717, 1.165) is 13.1 Å². The second kappa shape index (κ2) is 3.91. The average molecular weight is 143 g/mol. The normalized spacial score (nSPS) is 23.4. The molecule has 0 amide bonds. The van der Waals surface area contributed by atoms with Crippen molar-refractivity contribution >= 4 is 0 Å². The van der Waals surface area contributed by atoms with Crippen molar-refractivity contribution in [2.45, 2.75) is 32.6 Å². The van der Waals surface area contributed by atoms with Crippen LogP contribution in [0.5, 0.6) is 0 Å². The van der Waals surface area contributed by atoms with Gasteiger partial charge >= 0.3 is 0 Å². The Morgan fingerprint density at radius 1 is 1.50 bits per heavy atom. The van der Waals surface area contributed by atoms with Gasteiger partial charge in [0.25, 0.3) is 0 Å². The smallest absolute Gasteiger partial charge is 0.112 e. The molecule has 0 aliphatic carbocycles. The summed E-state index contributed by atoms with van der Waals surface area (Å²) >= 11 is 0. The van der Waals surface area contributed by atoms with Crippen LogP contribution in [0.4, 0.5) is 0 Å². The first-order valence-corrected chi connectivity index (χ1v) is 4.05. The van der Waals surface area contributed by atoms with Crippen LogP contribution < -0.4 is 16.0 Å². The van der Waals surface area contributed by atoms with Gasteiger partial charge < -0.3 is 0 Å². The van der Waals surface area contributed by atoms with E-state index in [1.807, 2.05) is 0 Å². The third kappa shape index (κ3) is 2.25. The van der Waals surface area contributed by atoms with E-state index < -0.39 is 0 Å². The van der Waals surface area contributed by atoms with Crippen LogP contribution in [0.15, 0.2) is 0 Å². The molecular formula is C7H17N3. The van der Waals surface area contributed by atoms with Gasteiger partial charge in [0, 0.05) is 19.1 Å². The molecule has 0 bridgehead atoms. The molecule has 0 spiro atoms. The fourth-order valence-corrected chi connectivity index (χ4v) is 1.03. The molecule has 1 aliphatic heterocycles. The summed E-state index contributed by atoms with van der Waals surface area (Å²) in [7, 11) is 0. The second-order valence-electron chi connectivity index (χ2n) is 2.82. The SMILES string of the molecule is CCC(C)NC1NCCN1. The molecule has 1 fully saturated rings. The number of hydrogen-bond acceptors (Lipinski definition) is 3. The van der Waals surface area contributed by atoms with Crippen molar-refractivity contribution in [1.29, 1.82) is 0 Å². The molecule has 3 N–H and O–H groups in total. The summed E-state index contributed by atoms with van der Waals surface area (Å²) in [5.74, 6) is 0. The largest absolute Gasteiger partial charge is 0.288 e. The molecule has 0 aromatic carbocycles. The molecule has 1 atom stereocenters. The molecule has 0 aromatic heterocycles. The van der Waals surface area contributed by atoms with Crippen LogP contribution in [0.1, 0.15) is 20.3 Å². The first-order chi connectivity index (χ1) is 4.83. The third-order valence-electron chi connectivity index (χ3n) is 1.89. The Morgan fingerprint density at radius 3 is 2.60 bits per heavy atom. The lowest BCUT2D eigenvalue weighted by Gasteiger charge is -2.17. The summed E-state index contributed by atoms with van der Waals surface area (Å²) in [5, 5.41) is 10.0. The summed E-state index contributed by atoms with van der Waals surface area (Å²) in [5.41, 5.74) is 0. The summed E-state index contributed by atoms with van der Waals surface area (Å²) in [4.78, 5) is 0. The highest BCUT2D eigenvalue weighted by Crippen LogP contribution is 1.90. The van der Waals surface area contributed by atoms with E-state index in [1.54, 1.807) is 0 Å². The summed E-state index contributed by atoms with van der Waals surface area (Å²) in [6.07, 6.45) is 1.52. The fraction of sp³-hybridized carbons (Fsp3) is 1.00. The van der Waals surface area contributed by atoms with E-state index in [0.29, 0.717) is 12.3 Å². The van der Waals surface area contributed by atoms with Crippen LogP contribution in [-0.4, -0.2) is 25.4 Å². The number of rotatable bonds is 3. The topological polar surface area (TPSA) is 36.1 Å². The quantitative estimate of drug-likeness (QED) is 0.514. The molecule has 0 radical (unpaired) electrons. The molecule has 1 heterocycles. The van der Waals surface area contributed by atoms with E-state index in [9.17, 15) is 0 Å². The zero-order valence-electron chi connectivity index (χ0n) is 6.78. The van der Waals surface area contributed by atoms with Gasteiger partial charge in [-0.3, -0.25) is 16.0 Å². The molecule has 1 aliphatic rings. The second-order valence-corrected chi connectivity index (χ2v) is 2.82. The van der Waals surface area contributed by atoms with E-state index in [4.69, 9.17) is 0 Å². The minimum absolute atomic E-state index is 0.343. The first-order valence-electron chi connectivity index (χ1n) is 4.05. The maximum atomic E-state index is 3.41. The Balaban J connectivity index is 2.11. The number of hydrogen-bond donors (Lipinski definition) is 3. The van der Waals surface area contributed by atoms with Crippen molar-refractivity contribution in [3.63, 3.8) is 0 Å². The van der Waals surface area contributed by atoms with Crippen LogP contribution in [0.25, 0.3) is 0 Å². The van der Waals surface area contributed by atoms with Crippen LogP contribution in [-0.2, 0) is 0 Å². The monoisotopic (exact) mass is 143 g/mol. The van der Waals surface area contributed by atoms with Gasteiger partial charge in [0.05, 0.1) is 0 Å². The van der Waals surface area contributed by atoms with Gasteiger partial charge in [-0.2, -0.15) is 0 Å². The van der Waals surface area contributed by atoms with Gasteiger partial charge in [-0.05, 0) is 13.3 Å². The van der Waals surface area contributed by atoms with Crippen molar-refractivity contribution in [1.82, 2.24) is 16.0 Å². The molecule has 3 nitrogen and oxygen atoms in total. The van der Waals surface area contributed by atoms with E-state index in [1.165, 1.54) is 6.42 Å². The molecule has 60 valence electrons. The minimum Gasteiger partial charge on any atom is -0.288 e. The third-order valence-corrected chi connectivity index (χ3v) is 1.89. The molecule has 0 saturated carbocycles. The maximum Gasteiger partial charge on any atom is 0.112 e. The van der Waals surface area contributed by atoms with E-state index in [-0.39, 0.29) is 0 Å². The van der Waals surface area contributed by atoms with Gasteiger partial charge in [0.1, 0.15) is 6.29 Å². The highest BCUT2D eigenvalue weighted by atomic mass is 15.3. The molecule has 1 unspecified atom stereocenters. The van der Waals surface area contributed by atoms with Crippen LogP contribution in [0, 0.1) is 0 Å². The summed E-state index contributed by atoms with van der Waals surface area (Å²) < 4.78 is 0. The Morgan fingerprint density at radius 2 is 2.10 bits per heavy atom. The standard InChI is InChI=1S/C7H17N3/c1-3-6(2)10-7-8-4-5-9-7/h6-10H,3-5H2,1-2H3. The molecule has 10 heavy (non-hydrogen) atoms. The lowest BCUT2D eigenvalue weighted by atomic mass is 10.3.